The SMILES string of the molecule is CCCN(CC(=O)O)CC(=O)NCC1CCCCC1. The number of carbonyl (C=O) groups is 2. The van der Waals surface area contributed by atoms with Gasteiger partial charge in [0.15, 0.2) is 0 Å². The molecule has 19 heavy (non-hydrogen) atoms. The first-order chi connectivity index (χ1) is 9.11. The predicted octanol–water partition coefficient (Wildman–Crippen LogP) is 1.48. The zero-order valence-electron chi connectivity index (χ0n) is 11.9. The number of aliphatic carboxylic acids is 1. The van der Waals surface area contributed by atoms with Crippen molar-refractivity contribution in [3.8, 4) is 0 Å². The first-order valence-corrected chi connectivity index (χ1v) is 7.32. The van der Waals surface area contributed by atoms with Crippen LogP contribution in [-0.2, 0) is 9.59 Å². The second-order valence-corrected chi connectivity index (χ2v) is 5.41. The molecule has 0 unspecified atom stereocenters. The van der Waals surface area contributed by atoms with E-state index in [0.717, 1.165) is 13.0 Å². The Morgan fingerprint density at radius 2 is 1.89 bits per heavy atom. The zero-order chi connectivity index (χ0) is 14.1. The van der Waals surface area contributed by atoms with Crippen LogP contribution in [0.15, 0.2) is 0 Å². The molecule has 1 rings (SSSR count). The average molecular weight is 270 g/mol. The third-order valence-electron chi connectivity index (χ3n) is 3.58. The lowest BCUT2D eigenvalue weighted by atomic mass is 9.89. The molecule has 0 bridgehead atoms. The molecule has 1 aliphatic carbocycles. The molecule has 1 amide bonds. The highest BCUT2D eigenvalue weighted by atomic mass is 16.4. The van der Waals surface area contributed by atoms with Crippen molar-refractivity contribution >= 4 is 11.9 Å². The fourth-order valence-corrected chi connectivity index (χ4v) is 2.63. The van der Waals surface area contributed by atoms with E-state index in [2.05, 4.69) is 5.32 Å². The molecule has 2 N–H and O–H groups in total. The molecule has 1 saturated carbocycles. The number of nitrogens with one attached hydrogen (secondary N) is 1. The average Bonchev–Trinajstić information content (AvgIpc) is 2.37. The smallest absolute Gasteiger partial charge is 0.317 e. The van der Waals surface area contributed by atoms with E-state index in [1.165, 1.54) is 32.1 Å². The van der Waals surface area contributed by atoms with Gasteiger partial charge in [0.25, 0.3) is 0 Å². The summed E-state index contributed by atoms with van der Waals surface area (Å²) in [5, 5.41) is 11.7. The van der Waals surface area contributed by atoms with Crippen LogP contribution in [0.5, 0.6) is 0 Å². The highest BCUT2D eigenvalue weighted by Gasteiger charge is 2.16. The van der Waals surface area contributed by atoms with E-state index in [9.17, 15) is 9.59 Å². The van der Waals surface area contributed by atoms with Crippen LogP contribution in [0.25, 0.3) is 0 Å². The molecule has 0 aliphatic heterocycles. The van der Waals surface area contributed by atoms with Gasteiger partial charge < -0.3 is 10.4 Å². The van der Waals surface area contributed by atoms with Crippen LogP contribution in [0.2, 0.25) is 0 Å². The Balaban J connectivity index is 2.24. The summed E-state index contributed by atoms with van der Waals surface area (Å²) < 4.78 is 0. The van der Waals surface area contributed by atoms with E-state index in [-0.39, 0.29) is 19.0 Å². The molecule has 0 spiro atoms. The lowest BCUT2D eigenvalue weighted by Gasteiger charge is -2.23. The van der Waals surface area contributed by atoms with Crippen LogP contribution < -0.4 is 5.32 Å². The summed E-state index contributed by atoms with van der Waals surface area (Å²) >= 11 is 0. The van der Waals surface area contributed by atoms with Crippen LogP contribution in [0.4, 0.5) is 0 Å². The molecule has 0 saturated heterocycles. The van der Waals surface area contributed by atoms with Crippen LogP contribution in [0.3, 0.4) is 0 Å². The first kappa shape index (κ1) is 16.0. The predicted molar refractivity (Wildman–Crippen MR) is 74.0 cm³/mol. The molecule has 0 aromatic carbocycles. The Kier molecular flexibility index (Phi) is 7.48. The number of carbonyl (C=O) groups excluding carboxylic acids is 1. The van der Waals surface area contributed by atoms with Gasteiger partial charge >= 0.3 is 5.97 Å². The van der Waals surface area contributed by atoms with E-state index in [4.69, 9.17) is 5.11 Å². The normalized spacial score (nSPS) is 16.5. The highest BCUT2D eigenvalue weighted by molar-refractivity contribution is 5.79. The summed E-state index contributed by atoms with van der Waals surface area (Å²) in [6.07, 6.45) is 7.10. The molecule has 0 heterocycles. The third kappa shape index (κ3) is 7.15. The second-order valence-electron chi connectivity index (χ2n) is 5.41. The van der Waals surface area contributed by atoms with E-state index in [1.807, 2.05) is 6.92 Å². The van der Waals surface area contributed by atoms with Gasteiger partial charge in [0.2, 0.25) is 5.91 Å². The van der Waals surface area contributed by atoms with Crippen molar-refractivity contribution in [1.29, 1.82) is 0 Å². The quantitative estimate of drug-likeness (QED) is 0.701. The Hall–Kier alpha value is -1.10. The Morgan fingerprint density at radius 3 is 2.47 bits per heavy atom. The number of hydrogen-bond donors (Lipinski definition) is 2. The highest BCUT2D eigenvalue weighted by Crippen LogP contribution is 2.22. The van der Waals surface area contributed by atoms with Crippen LogP contribution in [0, 0.1) is 5.92 Å². The van der Waals surface area contributed by atoms with Gasteiger partial charge in [-0.2, -0.15) is 0 Å². The van der Waals surface area contributed by atoms with Crippen LogP contribution in [-0.4, -0.2) is 48.1 Å². The largest absolute Gasteiger partial charge is 0.480 e. The fourth-order valence-electron chi connectivity index (χ4n) is 2.63. The minimum atomic E-state index is -0.881. The van der Waals surface area contributed by atoms with Crippen molar-refractivity contribution < 1.29 is 14.7 Å². The molecule has 1 fully saturated rings. The monoisotopic (exact) mass is 270 g/mol. The topological polar surface area (TPSA) is 69.6 Å². The lowest BCUT2D eigenvalue weighted by molar-refractivity contribution is -0.138. The van der Waals surface area contributed by atoms with Crippen LogP contribution >= 0.6 is 0 Å². The zero-order valence-corrected chi connectivity index (χ0v) is 11.9. The van der Waals surface area contributed by atoms with Gasteiger partial charge in [-0.15, -0.1) is 0 Å². The summed E-state index contributed by atoms with van der Waals surface area (Å²) in [6.45, 7) is 3.49. The minimum absolute atomic E-state index is 0.0553. The molecule has 1 aliphatic rings. The molecule has 0 aromatic heterocycles. The van der Waals surface area contributed by atoms with E-state index in [0.29, 0.717) is 12.5 Å². The summed E-state index contributed by atoms with van der Waals surface area (Å²) in [5.74, 6) is -0.328. The molecule has 5 nitrogen and oxygen atoms in total. The second kappa shape index (κ2) is 8.91. The number of nitrogens with zero attached hydrogens (tertiary/aromatic N) is 1. The molecular formula is C14H26N2O3. The minimum Gasteiger partial charge on any atom is -0.480 e. The van der Waals surface area contributed by atoms with E-state index >= 15 is 0 Å². The van der Waals surface area contributed by atoms with Crippen molar-refractivity contribution in [3.05, 3.63) is 0 Å². The van der Waals surface area contributed by atoms with Gasteiger partial charge in [0.05, 0.1) is 13.1 Å². The summed E-state index contributed by atoms with van der Waals surface area (Å²) in [5.41, 5.74) is 0. The summed E-state index contributed by atoms with van der Waals surface area (Å²) in [6, 6.07) is 0. The summed E-state index contributed by atoms with van der Waals surface area (Å²) in [7, 11) is 0. The van der Waals surface area contributed by atoms with Gasteiger partial charge in [0.1, 0.15) is 0 Å². The van der Waals surface area contributed by atoms with Crippen LogP contribution in [0.1, 0.15) is 45.4 Å². The number of carboxylic acids is 1. The maximum atomic E-state index is 11.8. The van der Waals surface area contributed by atoms with Crippen molar-refractivity contribution in [3.63, 3.8) is 0 Å². The third-order valence-corrected chi connectivity index (χ3v) is 3.58. The van der Waals surface area contributed by atoms with E-state index < -0.39 is 5.97 Å². The molecule has 0 atom stereocenters. The van der Waals surface area contributed by atoms with Crippen molar-refractivity contribution in [1.82, 2.24) is 10.2 Å². The Labute approximate surface area is 115 Å². The number of hydrogen-bond acceptors (Lipinski definition) is 3. The molecule has 0 aromatic rings. The summed E-state index contributed by atoms with van der Waals surface area (Å²) in [4.78, 5) is 24.2. The first-order valence-electron chi connectivity index (χ1n) is 7.32. The molecule has 0 radical (unpaired) electrons. The fraction of sp³-hybridized carbons (Fsp3) is 0.857. The van der Waals surface area contributed by atoms with E-state index in [1.54, 1.807) is 4.90 Å². The maximum absolute atomic E-state index is 11.8. The number of amides is 1. The Morgan fingerprint density at radius 1 is 1.21 bits per heavy atom. The Bertz CT molecular complexity index is 288. The number of carboxylic acid groups (broad SMARTS) is 1. The standard InChI is InChI=1S/C14H26N2O3/c1-2-8-16(11-14(18)19)10-13(17)15-9-12-6-4-3-5-7-12/h12H,2-11H2,1H3,(H,15,17)(H,18,19). The maximum Gasteiger partial charge on any atom is 0.317 e. The van der Waals surface area contributed by atoms with Gasteiger partial charge in [-0.25, -0.2) is 0 Å². The number of rotatable bonds is 8. The lowest BCUT2D eigenvalue weighted by Crippen LogP contribution is -2.41. The molecule has 5 heteroatoms. The van der Waals surface area contributed by atoms with Gasteiger partial charge in [-0.1, -0.05) is 26.2 Å². The van der Waals surface area contributed by atoms with Gasteiger partial charge in [0, 0.05) is 6.54 Å². The molecular weight excluding hydrogens is 244 g/mol. The van der Waals surface area contributed by atoms with Gasteiger partial charge in [-0.05, 0) is 31.7 Å². The van der Waals surface area contributed by atoms with Crippen molar-refractivity contribution in [2.75, 3.05) is 26.2 Å². The van der Waals surface area contributed by atoms with Crippen molar-refractivity contribution in [2.45, 2.75) is 45.4 Å². The molecule has 110 valence electrons. The van der Waals surface area contributed by atoms with Crippen molar-refractivity contribution in [2.24, 2.45) is 5.92 Å². The van der Waals surface area contributed by atoms with Gasteiger partial charge in [-0.3, -0.25) is 14.5 Å².